The summed E-state index contributed by atoms with van der Waals surface area (Å²) >= 11 is 6.04. The van der Waals surface area contributed by atoms with Gasteiger partial charge in [-0.05, 0) is 31.2 Å². The molecule has 1 amide bonds. The molecule has 0 fully saturated rings. The number of benzene rings is 2. The largest absolute Gasteiger partial charge is 0.320 e. The average Bonchev–Trinajstić information content (AvgIpc) is 3.12. The number of hydrogen-bond acceptors (Lipinski definition) is 3. The summed E-state index contributed by atoms with van der Waals surface area (Å²) in [6, 6.07) is 15.3. The van der Waals surface area contributed by atoms with Gasteiger partial charge in [-0.3, -0.25) is 14.3 Å². The molecule has 6 heteroatoms. The normalized spacial score (nSPS) is 10.5. The van der Waals surface area contributed by atoms with E-state index >= 15 is 0 Å². The van der Waals surface area contributed by atoms with Crippen molar-refractivity contribution in [2.24, 2.45) is 0 Å². The predicted molar refractivity (Wildman–Crippen MR) is 97.2 cm³/mol. The topological polar surface area (TPSA) is 64.0 Å². The van der Waals surface area contributed by atoms with Crippen LogP contribution in [0.3, 0.4) is 0 Å². The van der Waals surface area contributed by atoms with Crippen molar-refractivity contribution in [2.45, 2.75) is 13.5 Å². The van der Waals surface area contributed by atoms with E-state index in [-0.39, 0.29) is 17.4 Å². The van der Waals surface area contributed by atoms with Crippen molar-refractivity contribution in [3.8, 4) is 0 Å². The molecule has 0 aliphatic rings. The molecule has 2 aromatic carbocycles. The zero-order valence-electron chi connectivity index (χ0n) is 13.6. The second kappa shape index (κ2) is 7.32. The van der Waals surface area contributed by atoms with Crippen LogP contribution in [0.5, 0.6) is 0 Å². The van der Waals surface area contributed by atoms with Gasteiger partial charge in [-0.2, -0.15) is 5.10 Å². The van der Waals surface area contributed by atoms with Gasteiger partial charge in [0.25, 0.3) is 5.91 Å². The monoisotopic (exact) mass is 353 g/mol. The summed E-state index contributed by atoms with van der Waals surface area (Å²) in [5.41, 5.74) is 1.54. The molecular formula is C19H16ClN3O2. The maximum absolute atomic E-state index is 12.8. The third kappa shape index (κ3) is 3.78. The van der Waals surface area contributed by atoms with Crippen molar-refractivity contribution in [1.29, 1.82) is 0 Å². The summed E-state index contributed by atoms with van der Waals surface area (Å²) < 4.78 is 1.66. The Morgan fingerprint density at radius 2 is 1.88 bits per heavy atom. The highest BCUT2D eigenvalue weighted by molar-refractivity contribution is 6.31. The highest BCUT2D eigenvalue weighted by atomic mass is 35.5. The lowest BCUT2D eigenvalue weighted by Gasteiger charge is -2.10. The Morgan fingerprint density at radius 3 is 2.56 bits per heavy atom. The first kappa shape index (κ1) is 16.9. The van der Waals surface area contributed by atoms with Gasteiger partial charge in [0, 0.05) is 28.9 Å². The second-order valence-electron chi connectivity index (χ2n) is 5.40. The molecule has 0 saturated carbocycles. The molecule has 0 aliphatic heterocycles. The molecule has 3 rings (SSSR count). The van der Waals surface area contributed by atoms with Gasteiger partial charge in [-0.25, -0.2) is 0 Å². The molecule has 0 radical (unpaired) electrons. The van der Waals surface area contributed by atoms with Gasteiger partial charge in [0.05, 0.1) is 5.69 Å². The minimum atomic E-state index is -0.378. The summed E-state index contributed by atoms with van der Waals surface area (Å²) in [5, 5.41) is 7.34. The summed E-state index contributed by atoms with van der Waals surface area (Å²) in [5.74, 6) is -0.589. The molecule has 126 valence electrons. The smallest absolute Gasteiger partial charge is 0.276 e. The quantitative estimate of drug-likeness (QED) is 0.704. The molecule has 3 aromatic rings. The van der Waals surface area contributed by atoms with E-state index in [1.54, 1.807) is 59.4 Å². The minimum Gasteiger partial charge on any atom is -0.320 e. The first-order chi connectivity index (χ1) is 12.1. The van der Waals surface area contributed by atoms with Crippen LogP contribution in [0.25, 0.3) is 0 Å². The first-order valence-electron chi connectivity index (χ1n) is 7.82. The third-order valence-corrected chi connectivity index (χ3v) is 3.94. The highest BCUT2D eigenvalue weighted by Crippen LogP contribution is 2.24. The molecule has 1 heterocycles. The Morgan fingerprint density at radius 1 is 1.12 bits per heavy atom. The number of aromatic nitrogens is 2. The zero-order valence-corrected chi connectivity index (χ0v) is 14.3. The van der Waals surface area contributed by atoms with Crippen LogP contribution >= 0.6 is 11.6 Å². The number of nitrogens with one attached hydrogen (secondary N) is 1. The SMILES string of the molecule is CCn1ccc(C(=O)Nc2ccc(Cl)cc2C(=O)c2ccccc2)n1. The molecule has 0 spiro atoms. The van der Waals surface area contributed by atoms with Crippen molar-refractivity contribution in [3.63, 3.8) is 0 Å². The van der Waals surface area contributed by atoms with Crippen LogP contribution in [0.2, 0.25) is 5.02 Å². The van der Waals surface area contributed by atoms with Crippen molar-refractivity contribution in [1.82, 2.24) is 9.78 Å². The molecular weight excluding hydrogens is 338 g/mol. The number of halogens is 1. The van der Waals surface area contributed by atoms with Crippen molar-refractivity contribution < 1.29 is 9.59 Å². The molecule has 0 unspecified atom stereocenters. The van der Waals surface area contributed by atoms with Gasteiger partial charge >= 0.3 is 0 Å². The summed E-state index contributed by atoms with van der Waals surface area (Å²) in [4.78, 5) is 25.2. The van der Waals surface area contributed by atoms with Gasteiger partial charge in [-0.1, -0.05) is 41.9 Å². The van der Waals surface area contributed by atoms with Crippen molar-refractivity contribution in [2.75, 3.05) is 5.32 Å². The number of amides is 1. The molecule has 1 N–H and O–H groups in total. The van der Waals surface area contributed by atoms with Crippen LogP contribution in [0.1, 0.15) is 33.3 Å². The summed E-state index contributed by atoms with van der Waals surface area (Å²) in [6.45, 7) is 2.61. The van der Waals surface area contributed by atoms with Crippen LogP contribution in [0, 0.1) is 0 Å². The Kier molecular flexibility index (Phi) is 4.95. The lowest BCUT2D eigenvalue weighted by molar-refractivity contribution is 0.102. The fraction of sp³-hybridized carbons (Fsp3) is 0.105. The van der Waals surface area contributed by atoms with Crippen LogP contribution < -0.4 is 5.32 Å². The third-order valence-electron chi connectivity index (χ3n) is 3.71. The molecule has 25 heavy (non-hydrogen) atoms. The second-order valence-corrected chi connectivity index (χ2v) is 5.83. The number of anilines is 1. The molecule has 0 saturated heterocycles. The van der Waals surface area contributed by atoms with Crippen LogP contribution in [-0.4, -0.2) is 21.5 Å². The number of carbonyl (C=O) groups excluding carboxylic acids is 2. The van der Waals surface area contributed by atoms with E-state index < -0.39 is 0 Å². The van der Waals surface area contributed by atoms with Crippen LogP contribution in [-0.2, 0) is 6.54 Å². The van der Waals surface area contributed by atoms with E-state index in [0.29, 0.717) is 28.4 Å². The van der Waals surface area contributed by atoms with E-state index in [1.807, 2.05) is 13.0 Å². The van der Waals surface area contributed by atoms with E-state index in [9.17, 15) is 9.59 Å². The fourth-order valence-electron chi connectivity index (χ4n) is 2.40. The van der Waals surface area contributed by atoms with E-state index in [0.717, 1.165) is 0 Å². The van der Waals surface area contributed by atoms with Gasteiger partial charge in [0.1, 0.15) is 0 Å². The average molecular weight is 354 g/mol. The number of nitrogens with zero attached hydrogens (tertiary/aromatic N) is 2. The fourth-order valence-corrected chi connectivity index (χ4v) is 2.58. The molecule has 1 aromatic heterocycles. The first-order valence-corrected chi connectivity index (χ1v) is 8.20. The lowest BCUT2D eigenvalue weighted by Crippen LogP contribution is -2.16. The van der Waals surface area contributed by atoms with Crippen LogP contribution in [0.15, 0.2) is 60.8 Å². The van der Waals surface area contributed by atoms with Gasteiger partial charge in [0.15, 0.2) is 11.5 Å². The number of hydrogen-bond donors (Lipinski definition) is 1. The Balaban J connectivity index is 1.91. The molecule has 0 atom stereocenters. The maximum Gasteiger partial charge on any atom is 0.276 e. The molecule has 0 aliphatic carbocycles. The maximum atomic E-state index is 12.8. The Labute approximate surface area is 150 Å². The molecule has 5 nitrogen and oxygen atoms in total. The number of aryl methyl sites for hydroxylation is 1. The zero-order chi connectivity index (χ0) is 17.8. The molecule has 0 bridgehead atoms. The number of ketones is 1. The standard InChI is InChI=1S/C19H16ClN3O2/c1-2-23-11-10-17(22-23)19(25)21-16-9-8-14(20)12-15(16)18(24)13-6-4-3-5-7-13/h3-12H,2H2,1H3,(H,21,25). The highest BCUT2D eigenvalue weighted by Gasteiger charge is 2.17. The van der Waals surface area contributed by atoms with Gasteiger partial charge in [0.2, 0.25) is 0 Å². The van der Waals surface area contributed by atoms with Crippen molar-refractivity contribution >= 4 is 29.0 Å². The van der Waals surface area contributed by atoms with Crippen LogP contribution in [0.4, 0.5) is 5.69 Å². The minimum absolute atomic E-state index is 0.211. The lowest BCUT2D eigenvalue weighted by atomic mass is 10.0. The van der Waals surface area contributed by atoms with Gasteiger partial charge < -0.3 is 5.32 Å². The van der Waals surface area contributed by atoms with E-state index in [2.05, 4.69) is 10.4 Å². The number of carbonyl (C=O) groups is 2. The van der Waals surface area contributed by atoms with E-state index in [1.165, 1.54) is 0 Å². The Bertz CT molecular complexity index is 919. The van der Waals surface area contributed by atoms with Gasteiger partial charge in [-0.15, -0.1) is 0 Å². The number of rotatable bonds is 5. The van der Waals surface area contributed by atoms with E-state index in [4.69, 9.17) is 11.6 Å². The Hall–Kier alpha value is -2.92. The summed E-state index contributed by atoms with van der Waals surface area (Å²) in [6.07, 6.45) is 1.73. The summed E-state index contributed by atoms with van der Waals surface area (Å²) in [7, 11) is 0. The predicted octanol–water partition coefficient (Wildman–Crippen LogP) is 4.04. The van der Waals surface area contributed by atoms with Crippen molar-refractivity contribution in [3.05, 3.63) is 82.6 Å².